The molecule has 3 rings (SSSR count). The largest absolute Gasteiger partial charge is 0.245 e. The minimum Gasteiger partial charge on any atom is -0.245 e. The second-order valence-corrected chi connectivity index (χ2v) is 5.67. The monoisotopic (exact) mass is 254 g/mol. The Bertz CT molecular complexity index is 686. The van der Waals surface area contributed by atoms with Crippen molar-refractivity contribution in [2.75, 3.05) is 0 Å². The van der Waals surface area contributed by atoms with Crippen LogP contribution in [0.5, 0.6) is 0 Å². The molecule has 0 radical (unpaired) electrons. The topological polar surface area (TPSA) is 25.8 Å². The van der Waals surface area contributed by atoms with E-state index >= 15 is 0 Å². The van der Waals surface area contributed by atoms with E-state index in [9.17, 15) is 0 Å². The van der Waals surface area contributed by atoms with Gasteiger partial charge in [-0.3, -0.25) is 0 Å². The molecule has 0 fully saturated rings. The average Bonchev–Trinajstić information content (AvgIpc) is 2.88. The average molecular weight is 254 g/mol. The van der Waals surface area contributed by atoms with Crippen molar-refractivity contribution >= 4 is 22.2 Å². The summed E-state index contributed by atoms with van der Waals surface area (Å²) in [5, 5.41) is 2.17. The van der Waals surface area contributed by atoms with Crippen LogP contribution in [-0.4, -0.2) is 9.97 Å². The SMILES string of the molecule is CC(C)c1cnc(-c2ccc3ccccc3n2)s1. The zero-order valence-electron chi connectivity index (χ0n) is 10.4. The van der Waals surface area contributed by atoms with Crippen molar-refractivity contribution in [3.63, 3.8) is 0 Å². The first-order chi connectivity index (χ1) is 8.74. The summed E-state index contributed by atoms with van der Waals surface area (Å²) in [4.78, 5) is 10.4. The first-order valence-corrected chi connectivity index (χ1v) is 6.87. The van der Waals surface area contributed by atoms with Crippen LogP contribution in [-0.2, 0) is 0 Å². The van der Waals surface area contributed by atoms with Gasteiger partial charge in [0.05, 0.1) is 11.2 Å². The van der Waals surface area contributed by atoms with Crippen LogP contribution in [0.2, 0.25) is 0 Å². The van der Waals surface area contributed by atoms with Crippen molar-refractivity contribution in [1.82, 2.24) is 9.97 Å². The summed E-state index contributed by atoms with van der Waals surface area (Å²) in [6, 6.07) is 12.3. The Morgan fingerprint density at radius 1 is 1.06 bits per heavy atom. The van der Waals surface area contributed by atoms with Crippen molar-refractivity contribution in [2.24, 2.45) is 0 Å². The molecule has 0 N–H and O–H groups in total. The van der Waals surface area contributed by atoms with Crippen molar-refractivity contribution in [3.05, 3.63) is 47.5 Å². The van der Waals surface area contributed by atoms with E-state index in [2.05, 4.69) is 35.9 Å². The lowest BCUT2D eigenvalue weighted by Gasteiger charge is -2.00. The summed E-state index contributed by atoms with van der Waals surface area (Å²) in [7, 11) is 0. The molecular weight excluding hydrogens is 240 g/mol. The number of hydrogen-bond acceptors (Lipinski definition) is 3. The molecule has 0 saturated carbocycles. The molecule has 2 nitrogen and oxygen atoms in total. The van der Waals surface area contributed by atoms with Crippen LogP contribution in [0.1, 0.15) is 24.6 Å². The van der Waals surface area contributed by atoms with Crippen LogP contribution in [0.4, 0.5) is 0 Å². The maximum absolute atomic E-state index is 4.67. The zero-order valence-corrected chi connectivity index (χ0v) is 11.2. The van der Waals surface area contributed by atoms with Gasteiger partial charge in [-0.05, 0) is 18.1 Å². The molecule has 0 bridgehead atoms. The van der Waals surface area contributed by atoms with Gasteiger partial charge in [-0.25, -0.2) is 9.97 Å². The van der Waals surface area contributed by atoms with E-state index in [1.54, 1.807) is 11.3 Å². The van der Waals surface area contributed by atoms with Crippen LogP contribution in [0.3, 0.4) is 0 Å². The highest BCUT2D eigenvalue weighted by atomic mass is 32.1. The van der Waals surface area contributed by atoms with E-state index in [4.69, 9.17) is 0 Å². The molecule has 0 aliphatic carbocycles. The normalized spacial score (nSPS) is 11.3. The fourth-order valence-electron chi connectivity index (χ4n) is 1.86. The fraction of sp³-hybridized carbons (Fsp3) is 0.200. The number of pyridine rings is 1. The second-order valence-electron chi connectivity index (χ2n) is 4.61. The predicted molar refractivity (Wildman–Crippen MR) is 76.9 cm³/mol. The lowest BCUT2D eigenvalue weighted by Crippen LogP contribution is -1.83. The van der Waals surface area contributed by atoms with Gasteiger partial charge in [-0.15, -0.1) is 11.3 Å². The van der Waals surface area contributed by atoms with E-state index in [-0.39, 0.29) is 0 Å². The van der Waals surface area contributed by atoms with Gasteiger partial charge in [-0.1, -0.05) is 38.1 Å². The molecule has 1 aromatic carbocycles. The lowest BCUT2D eigenvalue weighted by atomic mass is 10.2. The van der Waals surface area contributed by atoms with Gasteiger partial charge in [0, 0.05) is 16.5 Å². The van der Waals surface area contributed by atoms with E-state index < -0.39 is 0 Å². The van der Waals surface area contributed by atoms with Gasteiger partial charge in [0.1, 0.15) is 5.01 Å². The van der Waals surface area contributed by atoms with E-state index in [1.807, 2.05) is 30.5 Å². The zero-order chi connectivity index (χ0) is 12.5. The minimum atomic E-state index is 0.525. The van der Waals surface area contributed by atoms with Crippen LogP contribution in [0, 0.1) is 0 Å². The molecule has 0 aliphatic rings. The first kappa shape index (κ1) is 11.4. The Kier molecular flexibility index (Phi) is 2.84. The van der Waals surface area contributed by atoms with Crippen molar-refractivity contribution in [1.29, 1.82) is 0 Å². The number of para-hydroxylation sites is 1. The molecule has 2 aromatic heterocycles. The summed E-state index contributed by atoms with van der Waals surface area (Å²) in [5.41, 5.74) is 1.99. The third-order valence-corrected chi connectivity index (χ3v) is 4.23. The molecular formula is C15H14N2S. The van der Waals surface area contributed by atoms with Crippen LogP contribution in [0.15, 0.2) is 42.6 Å². The van der Waals surface area contributed by atoms with Gasteiger partial charge in [0.15, 0.2) is 0 Å². The van der Waals surface area contributed by atoms with Crippen molar-refractivity contribution in [3.8, 4) is 10.7 Å². The van der Waals surface area contributed by atoms with Crippen LogP contribution in [0.25, 0.3) is 21.6 Å². The number of fused-ring (bicyclic) bond motifs is 1. The molecule has 3 aromatic rings. The van der Waals surface area contributed by atoms with Gasteiger partial charge in [0.25, 0.3) is 0 Å². The van der Waals surface area contributed by atoms with E-state index in [1.165, 1.54) is 10.3 Å². The minimum absolute atomic E-state index is 0.525. The summed E-state index contributed by atoms with van der Waals surface area (Å²) < 4.78 is 0. The number of rotatable bonds is 2. The molecule has 2 heterocycles. The highest BCUT2D eigenvalue weighted by Gasteiger charge is 2.08. The van der Waals surface area contributed by atoms with Crippen LogP contribution < -0.4 is 0 Å². The lowest BCUT2D eigenvalue weighted by molar-refractivity contribution is 0.885. The number of hydrogen-bond donors (Lipinski definition) is 0. The standard InChI is InChI=1S/C15H14N2S/c1-10(2)14-9-16-15(18-14)13-8-7-11-5-3-4-6-12(11)17-13/h3-10H,1-2H3. The second kappa shape index (κ2) is 4.50. The van der Waals surface area contributed by atoms with E-state index in [0.717, 1.165) is 16.2 Å². The highest BCUT2D eigenvalue weighted by Crippen LogP contribution is 2.29. The number of thiazole rings is 1. The highest BCUT2D eigenvalue weighted by molar-refractivity contribution is 7.15. The van der Waals surface area contributed by atoms with Crippen LogP contribution >= 0.6 is 11.3 Å². The number of nitrogens with zero attached hydrogens (tertiary/aromatic N) is 2. The van der Waals surface area contributed by atoms with Gasteiger partial charge in [-0.2, -0.15) is 0 Å². The molecule has 18 heavy (non-hydrogen) atoms. The Hall–Kier alpha value is -1.74. The predicted octanol–water partition coefficient (Wildman–Crippen LogP) is 4.48. The Labute approximate surface area is 110 Å². The third-order valence-electron chi connectivity index (χ3n) is 2.91. The van der Waals surface area contributed by atoms with Gasteiger partial charge in [0.2, 0.25) is 0 Å². The Morgan fingerprint density at radius 2 is 1.89 bits per heavy atom. The first-order valence-electron chi connectivity index (χ1n) is 6.06. The Balaban J connectivity index is 2.07. The Morgan fingerprint density at radius 3 is 2.67 bits per heavy atom. The van der Waals surface area contributed by atoms with Crippen molar-refractivity contribution in [2.45, 2.75) is 19.8 Å². The summed E-state index contributed by atoms with van der Waals surface area (Å²) in [6.45, 7) is 4.37. The summed E-state index contributed by atoms with van der Waals surface area (Å²) in [6.07, 6.45) is 1.96. The molecule has 0 aliphatic heterocycles. The molecule has 0 unspecified atom stereocenters. The molecule has 0 atom stereocenters. The molecule has 0 spiro atoms. The molecule has 3 heteroatoms. The maximum atomic E-state index is 4.67. The smallest absolute Gasteiger partial charge is 0.142 e. The van der Waals surface area contributed by atoms with E-state index in [0.29, 0.717) is 5.92 Å². The quantitative estimate of drug-likeness (QED) is 0.673. The molecule has 90 valence electrons. The molecule has 0 amide bonds. The fourth-order valence-corrected chi connectivity index (χ4v) is 2.75. The van der Waals surface area contributed by atoms with Gasteiger partial charge >= 0.3 is 0 Å². The third kappa shape index (κ3) is 2.02. The van der Waals surface area contributed by atoms with Gasteiger partial charge < -0.3 is 0 Å². The summed E-state index contributed by atoms with van der Waals surface area (Å²) >= 11 is 1.73. The number of benzene rings is 1. The number of aromatic nitrogens is 2. The molecule has 0 saturated heterocycles. The van der Waals surface area contributed by atoms with Crippen molar-refractivity contribution < 1.29 is 0 Å². The summed E-state index contributed by atoms with van der Waals surface area (Å²) in [5.74, 6) is 0.525. The maximum Gasteiger partial charge on any atom is 0.142 e.